The summed E-state index contributed by atoms with van der Waals surface area (Å²) in [5, 5.41) is 0.888. The molecule has 3 aromatic heterocycles. The molecule has 1 aliphatic carbocycles. The second-order valence-corrected chi connectivity index (χ2v) is 8.32. The van der Waals surface area contributed by atoms with Crippen molar-refractivity contribution >= 4 is 22.5 Å². The molecule has 6 nitrogen and oxygen atoms in total. The van der Waals surface area contributed by atoms with Gasteiger partial charge in [0.2, 0.25) is 5.91 Å². The first-order valence-electron chi connectivity index (χ1n) is 10.0. The number of nitrogens with one attached hydrogen (secondary N) is 1. The average molecular weight is 396 g/mol. The molecule has 6 heteroatoms. The van der Waals surface area contributed by atoms with Crippen molar-refractivity contribution in [2.75, 3.05) is 11.9 Å². The van der Waals surface area contributed by atoms with Crippen molar-refractivity contribution in [1.82, 2.24) is 14.5 Å². The van der Waals surface area contributed by atoms with Crippen LogP contribution in [0.2, 0.25) is 0 Å². The minimum Gasteiger partial charge on any atom is -0.350 e. The van der Waals surface area contributed by atoms with Gasteiger partial charge in [-0.05, 0) is 41.8 Å². The maximum absolute atomic E-state index is 13.3. The Kier molecular flexibility index (Phi) is 3.26. The highest BCUT2D eigenvalue weighted by molar-refractivity contribution is 6.11. The highest BCUT2D eigenvalue weighted by Gasteiger charge is 2.67. The molecule has 0 saturated heterocycles. The Morgan fingerprint density at radius 2 is 1.97 bits per heavy atom. The monoisotopic (exact) mass is 396 g/mol. The van der Waals surface area contributed by atoms with E-state index in [1.165, 1.54) is 0 Å². The van der Waals surface area contributed by atoms with Gasteiger partial charge in [-0.1, -0.05) is 18.2 Å². The van der Waals surface area contributed by atoms with E-state index in [2.05, 4.69) is 16.0 Å². The minimum atomic E-state index is -0.526. The number of likely N-dealkylation sites (N-methyl/N-ethyl adjacent to an activating group) is 1. The summed E-state index contributed by atoms with van der Waals surface area (Å²) in [4.78, 5) is 35.4. The van der Waals surface area contributed by atoms with Crippen molar-refractivity contribution in [3.8, 4) is 11.3 Å². The number of carbonyl (C=O) groups is 1. The molecule has 148 valence electrons. The molecule has 0 unspecified atom stereocenters. The van der Waals surface area contributed by atoms with Gasteiger partial charge >= 0.3 is 0 Å². The summed E-state index contributed by atoms with van der Waals surface area (Å²) >= 11 is 0. The van der Waals surface area contributed by atoms with Crippen molar-refractivity contribution in [1.29, 1.82) is 0 Å². The highest BCUT2D eigenvalue weighted by Crippen LogP contribution is 2.66. The van der Waals surface area contributed by atoms with E-state index in [9.17, 15) is 9.59 Å². The zero-order chi connectivity index (χ0) is 20.6. The van der Waals surface area contributed by atoms with E-state index < -0.39 is 5.41 Å². The molecular formula is C24H20N4O2. The Bertz CT molecular complexity index is 1400. The molecule has 30 heavy (non-hydrogen) atoms. The predicted molar refractivity (Wildman–Crippen MR) is 116 cm³/mol. The Labute approximate surface area is 172 Å². The molecule has 2 atom stereocenters. The number of aromatic amines is 1. The van der Waals surface area contributed by atoms with Gasteiger partial charge in [0, 0.05) is 60.9 Å². The Hall–Kier alpha value is -3.67. The van der Waals surface area contributed by atoms with Gasteiger partial charge in [0.05, 0.1) is 5.41 Å². The number of aryl methyl sites for hydroxylation is 1. The third-order valence-electron chi connectivity index (χ3n) is 6.74. The molecule has 1 amide bonds. The van der Waals surface area contributed by atoms with Crippen LogP contribution in [-0.2, 0) is 17.3 Å². The number of amides is 1. The largest absolute Gasteiger partial charge is 0.350 e. The summed E-state index contributed by atoms with van der Waals surface area (Å²) in [5.74, 6) is 0.182. The number of nitrogens with zero attached hydrogens (tertiary/aromatic N) is 3. The summed E-state index contributed by atoms with van der Waals surface area (Å²) in [6.07, 6.45) is 6.16. The van der Waals surface area contributed by atoms with E-state index in [-0.39, 0.29) is 17.4 Å². The summed E-state index contributed by atoms with van der Waals surface area (Å²) < 4.78 is 1.61. The van der Waals surface area contributed by atoms with Crippen LogP contribution in [0.1, 0.15) is 23.5 Å². The fourth-order valence-electron chi connectivity index (χ4n) is 5.16. The first-order valence-corrected chi connectivity index (χ1v) is 10.0. The van der Waals surface area contributed by atoms with E-state index in [0.29, 0.717) is 5.52 Å². The molecule has 2 aliphatic rings. The van der Waals surface area contributed by atoms with Crippen LogP contribution in [-0.4, -0.2) is 27.5 Å². The lowest BCUT2D eigenvalue weighted by Gasteiger charge is -2.12. The van der Waals surface area contributed by atoms with E-state index in [0.717, 1.165) is 39.9 Å². The number of fused-ring (bicyclic) bond motifs is 3. The zero-order valence-corrected chi connectivity index (χ0v) is 16.7. The SMILES string of the molecule is CN1C(=O)[C@]2(C[C@@H]2c2cn(C)c(=O)c3[nH]c(-c4cccnc4)cc23)c2ccccc21. The number of pyridine rings is 2. The van der Waals surface area contributed by atoms with Crippen LogP contribution in [0.3, 0.4) is 0 Å². The molecule has 4 aromatic rings. The van der Waals surface area contributed by atoms with Crippen LogP contribution >= 0.6 is 0 Å². The topological polar surface area (TPSA) is 71.0 Å². The summed E-state index contributed by atoms with van der Waals surface area (Å²) in [6, 6.07) is 13.9. The van der Waals surface area contributed by atoms with Gasteiger partial charge in [-0.15, -0.1) is 0 Å². The Morgan fingerprint density at radius 1 is 1.13 bits per heavy atom. The third-order valence-corrected chi connectivity index (χ3v) is 6.74. The van der Waals surface area contributed by atoms with Crippen LogP contribution in [0.15, 0.2) is 65.8 Å². The van der Waals surface area contributed by atoms with Crippen LogP contribution in [0.5, 0.6) is 0 Å². The Morgan fingerprint density at radius 3 is 2.77 bits per heavy atom. The number of anilines is 1. The van der Waals surface area contributed by atoms with E-state index >= 15 is 0 Å². The maximum Gasteiger partial charge on any atom is 0.274 e. The van der Waals surface area contributed by atoms with Gasteiger partial charge in [0.25, 0.3) is 5.56 Å². The number of benzene rings is 1. The molecule has 1 saturated carbocycles. The summed E-state index contributed by atoms with van der Waals surface area (Å²) in [5.41, 5.74) is 4.86. The quantitative estimate of drug-likeness (QED) is 0.565. The van der Waals surface area contributed by atoms with Crippen LogP contribution in [0.25, 0.3) is 22.2 Å². The second-order valence-electron chi connectivity index (χ2n) is 8.32. The normalized spacial score (nSPS) is 22.1. The lowest BCUT2D eigenvalue weighted by Crippen LogP contribution is -2.29. The molecule has 1 fully saturated rings. The van der Waals surface area contributed by atoms with E-state index in [4.69, 9.17) is 0 Å². The van der Waals surface area contributed by atoms with Crippen LogP contribution in [0, 0.1) is 0 Å². The third kappa shape index (κ3) is 2.05. The van der Waals surface area contributed by atoms with Gasteiger partial charge in [0.15, 0.2) is 0 Å². The van der Waals surface area contributed by atoms with Crippen molar-refractivity contribution in [2.45, 2.75) is 17.8 Å². The lowest BCUT2D eigenvalue weighted by atomic mass is 9.91. The average Bonchev–Trinajstić information content (AvgIpc) is 3.30. The summed E-state index contributed by atoms with van der Waals surface area (Å²) in [7, 11) is 3.61. The molecule has 1 spiro atoms. The number of rotatable bonds is 2. The van der Waals surface area contributed by atoms with Gasteiger partial charge in [-0.3, -0.25) is 14.6 Å². The van der Waals surface area contributed by atoms with Gasteiger partial charge in [-0.2, -0.15) is 0 Å². The number of hydrogen-bond acceptors (Lipinski definition) is 3. The molecular weight excluding hydrogens is 376 g/mol. The standard InChI is InChI=1S/C24H20N4O2/c1-27-13-16(15-10-19(26-21(15)22(27)29)14-6-5-9-25-12-14)18-11-24(18)17-7-3-4-8-20(17)28(2)23(24)30/h3-10,12-13,18,26H,11H2,1-2H3/t18-,24-/m1/s1. The molecule has 6 rings (SSSR count). The number of para-hydroxylation sites is 1. The first-order chi connectivity index (χ1) is 14.5. The first kappa shape index (κ1) is 17.2. The van der Waals surface area contributed by atoms with Gasteiger partial charge < -0.3 is 14.5 Å². The second kappa shape index (κ2) is 5.69. The number of H-pyrrole nitrogens is 1. The van der Waals surface area contributed by atoms with Crippen molar-refractivity contribution in [3.63, 3.8) is 0 Å². The number of carbonyl (C=O) groups excluding carboxylic acids is 1. The maximum atomic E-state index is 13.3. The number of hydrogen-bond donors (Lipinski definition) is 1. The predicted octanol–water partition coefficient (Wildman–Crippen LogP) is 3.33. The smallest absolute Gasteiger partial charge is 0.274 e. The lowest BCUT2D eigenvalue weighted by molar-refractivity contribution is -0.120. The zero-order valence-electron chi connectivity index (χ0n) is 16.7. The highest BCUT2D eigenvalue weighted by atomic mass is 16.2. The minimum absolute atomic E-state index is 0.0444. The molecule has 0 bridgehead atoms. The van der Waals surface area contributed by atoms with Crippen molar-refractivity contribution < 1.29 is 4.79 Å². The fourth-order valence-corrected chi connectivity index (χ4v) is 5.16. The molecule has 0 radical (unpaired) electrons. The van der Waals surface area contributed by atoms with Crippen molar-refractivity contribution in [3.05, 3.63) is 82.5 Å². The molecule has 1 aliphatic heterocycles. The molecule has 1 aromatic carbocycles. The molecule has 4 heterocycles. The van der Waals surface area contributed by atoms with E-state index in [1.807, 2.05) is 49.6 Å². The van der Waals surface area contributed by atoms with Crippen LogP contribution in [0.4, 0.5) is 5.69 Å². The van der Waals surface area contributed by atoms with Gasteiger partial charge in [0.1, 0.15) is 5.52 Å². The fraction of sp³-hybridized carbons (Fsp3) is 0.208. The number of aromatic nitrogens is 3. The summed E-state index contributed by atoms with van der Waals surface area (Å²) in [6.45, 7) is 0. The van der Waals surface area contributed by atoms with Gasteiger partial charge in [-0.25, -0.2) is 0 Å². The Balaban J connectivity index is 1.55. The van der Waals surface area contributed by atoms with Crippen LogP contribution < -0.4 is 10.5 Å². The van der Waals surface area contributed by atoms with Crippen molar-refractivity contribution in [2.24, 2.45) is 7.05 Å². The molecule has 1 N–H and O–H groups in total. The van der Waals surface area contributed by atoms with E-state index in [1.54, 1.807) is 28.9 Å².